The van der Waals surface area contributed by atoms with Crippen LogP contribution in [0.1, 0.15) is 24.0 Å². The van der Waals surface area contributed by atoms with E-state index in [-0.39, 0.29) is 0 Å². The van der Waals surface area contributed by atoms with Crippen molar-refractivity contribution in [1.29, 1.82) is 0 Å². The van der Waals surface area contributed by atoms with Crippen molar-refractivity contribution in [2.75, 3.05) is 37.4 Å². The van der Waals surface area contributed by atoms with E-state index in [4.69, 9.17) is 11.6 Å². The molecule has 1 atom stereocenters. The van der Waals surface area contributed by atoms with Crippen LogP contribution in [0, 0.1) is 0 Å². The Balaban J connectivity index is 1.52. The summed E-state index contributed by atoms with van der Waals surface area (Å²) in [6.07, 6.45) is -2.39. The molecule has 1 saturated heterocycles. The zero-order valence-electron chi connectivity index (χ0n) is 16.6. The summed E-state index contributed by atoms with van der Waals surface area (Å²) in [4.78, 5) is 4.20. The van der Waals surface area contributed by atoms with Crippen molar-refractivity contribution in [1.82, 2.24) is 10.2 Å². The van der Waals surface area contributed by atoms with Crippen molar-refractivity contribution in [2.24, 2.45) is 0 Å². The average Bonchev–Trinajstić information content (AvgIpc) is 2.72. The van der Waals surface area contributed by atoms with Crippen LogP contribution in [-0.2, 0) is 12.6 Å². The quantitative estimate of drug-likeness (QED) is 0.463. The Morgan fingerprint density at radius 2 is 1.97 bits per heavy atom. The van der Waals surface area contributed by atoms with Gasteiger partial charge in [0.15, 0.2) is 0 Å². The lowest BCUT2D eigenvalue weighted by Gasteiger charge is -2.33. The van der Waals surface area contributed by atoms with Crippen LogP contribution in [0.25, 0.3) is 0 Å². The Morgan fingerprint density at radius 1 is 1.13 bits per heavy atom. The summed E-state index contributed by atoms with van der Waals surface area (Å²) in [6.45, 7) is 3.49. The van der Waals surface area contributed by atoms with Gasteiger partial charge in [0.05, 0.1) is 16.9 Å². The maximum Gasteiger partial charge on any atom is 0.416 e. The third-order valence-electron chi connectivity index (χ3n) is 5.65. The summed E-state index contributed by atoms with van der Waals surface area (Å²) in [5.41, 5.74) is 1.30. The average molecular weight is 456 g/mol. The Morgan fingerprint density at radius 3 is 2.77 bits per heavy atom. The van der Waals surface area contributed by atoms with E-state index in [1.165, 1.54) is 17.8 Å². The van der Waals surface area contributed by atoms with Gasteiger partial charge in [-0.25, -0.2) is 0 Å². The van der Waals surface area contributed by atoms with Gasteiger partial charge >= 0.3 is 6.18 Å². The molecule has 0 radical (unpaired) electrons. The molecule has 2 aliphatic rings. The number of anilines is 2. The van der Waals surface area contributed by atoms with Crippen molar-refractivity contribution < 1.29 is 13.2 Å². The highest BCUT2D eigenvalue weighted by atomic mass is 35.5. The van der Waals surface area contributed by atoms with Crippen LogP contribution in [0.4, 0.5) is 24.5 Å². The summed E-state index contributed by atoms with van der Waals surface area (Å²) >= 11 is 7.38. The lowest BCUT2D eigenvalue weighted by Crippen LogP contribution is -2.50. The Labute approximate surface area is 184 Å². The van der Waals surface area contributed by atoms with E-state index in [2.05, 4.69) is 15.5 Å². The lowest BCUT2D eigenvalue weighted by atomic mass is 9.99. The summed E-state index contributed by atoms with van der Waals surface area (Å²) in [7, 11) is 0. The topological polar surface area (TPSA) is 27.3 Å². The molecule has 0 amide bonds. The van der Waals surface area contributed by atoms with Crippen LogP contribution >= 0.6 is 23.4 Å². The first-order valence-electron chi connectivity index (χ1n) is 10.2. The fourth-order valence-electron chi connectivity index (χ4n) is 4.19. The number of fused-ring (bicyclic) bond motifs is 2. The van der Waals surface area contributed by atoms with Crippen LogP contribution in [0.5, 0.6) is 0 Å². The van der Waals surface area contributed by atoms with Crippen LogP contribution in [0.2, 0.25) is 0 Å². The molecule has 162 valence electrons. The van der Waals surface area contributed by atoms with Crippen LogP contribution < -0.4 is 10.6 Å². The summed E-state index contributed by atoms with van der Waals surface area (Å²) < 4.78 is 41.3. The molecular weight excluding hydrogens is 431 g/mol. The Hall–Kier alpha value is -1.41. The van der Waals surface area contributed by atoms with Crippen molar-refractivity contribution in [3.8, 4) is 0 Å². The Kier molecular flexibility index (Phi) is 6.82. The van der Waals surface area contributed by atoms with Crippen molar-refractivity contribution in [2.45, 2.75) is 41.3 Å². The third kappa shape index (κ3) is 4.90. The highest BCUT2D eigenvalue weighted by Crippen LogP contribution is 2.48. The van der Waals surface area contributed by atoms with Crippen LogP contribution in [0.15, 0.2) is 46.2 Å². The van der Waals surface area contributed by atoms with Crippen LogP contribution in [0.3, 0.4) is 0 Å². The molecule has 0 saturated carbocycles. The minimum Gasteiger partial charge on any atom is -0.353 e. The predicted octanol–water partition coefficient (Wildman–Crippen LogP) is 5.75. The fourth-order valence-corrected chi connectivity index (χ4v) is 5.48. The van der Waals surface area contributed by atoms with E-state index in [1.807, 2.05) is 24.3 Å². The number of para-hydroxylation sites is 1. The number of alkyl halides is 4. The van der Waals surface area contributed by atoms with E-state index in [9.17, 15) is 13.2 Å². The van der Waals surface area contributed by atoms with Gasteiger partial charge in [0.2, 0.25) is 0 Å². The van der Waals surface area contributed by atoms with E-state index >= 15 is 0 Å². The molecule has 0 aliphatic carbocycles. The van der Waals surface area contributed by atoms with E-state index in [1.54, 1.807) is 6.07 Å². The molecule has 30 heavy (non-hydrogen) atoms. The summed E-state index contributed by atoms with van der Waals surface area (Å²) in [6, 6.07) is 10.9. The molecule has 0 aromatic heterocycles. The van der Waals surface area contributed by atoms with Crippen molar-refractivity contribution in [3.05, 3.63) is 47.5 Å². The number of benzene rings is 2. The first-order chi connectivity index (χ1) is 14.5. The molecule has 2 aromatic rings. The first kappa shape index (κ1) is 21.8. The van der Waals surface area contributed by atoms with Crippen molar-refractivity contribution in [3.63, 3.8) is 0 Å². The maximum atomic E-state index is 13.8. The Bertz CT molecular complexity index is 888. The second-order valence-corrected chi connectivity index (χ2v) is 9.18. The molecule has 2 aliphatic heterocycles. The normalized spacial score (nSPS) is 19.1. The van der Waals surface area contributed by atoms with Gasteiger partial charge in [-0.15, -0.1) is 11.6 Å². The number of halogens is 4. The molecule has 2 heterocycles. The highest BCUT2D eigenvalue weighted by Gasteiger charge is 2.35. The number of hydrogen-bond acceptors (Lipinski definition) is 4. The van der Waals surface area contributed by atoms with Gasteiger partial charge in [0, 0.05) is 41.3 Å². The standard InChI is InChI=1S/C22H25ClF3N3S/c23-10-9-15-14-29(13-11-27-15)12-3-4-16-17(22(24,25)26)7-8-20-21(16)28-18-5-1-2-6-19(18)30-20/h1-2,5-8,15,27-28H,3-4,9-14H2. The van der Waals surface area contributed by atoms with Gasteiger partial charge < -0.3 is 15.5 Å². The zero-order valence-corrected chi connectivity index (χ0v) is 18.1. The second kappa shape index (κ2) is 9.39. The van der Waals surface area contributed by atoms with E-state index < -0.39 is 11.7 Å². The van der Waals surface area contributed by atoms with Crippen LogP contribution in [-0.4, -0.2) is 43.0 Å². The summed E-state index contributed by atoms with van der Waals surface area (Å²) in [5.74, 6) is 0.613. The van der Waals surface area contributed by atoms with Gasteiger partial charge in [-0.3, -0.25) is 0 Å². The summed E-state index contributed by atoms with van der Waals surface area (Å²) in [5, 5.41) is 6.72. The lowest BCUT2D eigenvalue weighted by molar-refractivity contribution is -0.138. The van der Waals surface area contributed by atoms with Gasteiger partial charge in [0.1, 0.15) is 0 Å². The SMILES string of the molecule is FC(F)(F)c1ccc2c(c1CCCN1CCNC(CCCl)C1)Nc1ccccc1S2. The van der Waals surface area contributed by atoms with E-state index in [0.717, 1.165) is 48.1 Å². The first-order valence-corrected chi connectivity index (χ1v) is 11.6. The molecule has 2 aromatic carbocycles. The number of nitrogens with zero attached hydrogens (tertiary/aromatic N) is 1. The number of nitrogens with one attached hydrogen (secondary N) is 2. The molecule has 1 fully saturated rings. The molecule has 0 bridgehead atoms. The number of rotatable bonds is 6. The molecular formula is C22H25ClF3N3S. The molecule has 1 unspecified atom stereocenters. The molecule has 3 nitrogen and oxygen atoms in total. The number of hydrogen-bond donors (Lipinski definition) is 2. The molecule has 0 spiro atoms. The second-order valence-electron chi connectivity index (χ2n) is 7.72. The van der Waals surface area contributed by atoms with Gasteiger partial charge in [-0.05, 0) is 55.6 Å². The molecule has 8 heteroatoms. The van der Waals surface area contributed by atoms with Crippen molar-refractivity contribution >= 4 is 34.7 Å². The van der Waals surface area contributed by atoms with Gasteiger partial charge in [0.25, 0.3) is 0 Å². The largest absolute Gasteiger partial charge is 0.416 e. The highest BCUT2D eigenvalue weighted by molar-refractivity contribution is 7.99. The minimum absolute atomic E-state index is 0.362. The monoisotopic (exact) mass is 455 g/mol. The van der Waals surface area contributed by atoms with Gasteiger partial charge in [-0.1, -0.05) is 23.9 Å². The molecule has 4 rings (SSSR count). The molecule has 2 N–H and O–H groups in total. The number of piperazine rings is 1. The minimum atomic E-state index is -4.37. The smallest absolute Gasteiger partial charge is 0.353 e. The third-order valence-corrected chi connectivity index (χ3v) is 7.00. The zero-order chi connectivity index (χ0) is 21.1. The van der Waals surface area contributed by atoms with Gasteiger partial charge in [-0.2, -0.15) is 13.2 Å². The van der Waals surface area contributed by atoms with E-state index in [0.29, 0.717) is 36.0 Å². The predicted molar refractivity (Wildman–Crippen MR) is 117 cm³/mol. The maximum absolute atomic E-state index is 13.8. The fraction of sp³-hybridized carbons (Fsp3) is 0.455.